The van der Waals surface area contributed by atoms with Gasteiger partial charge >= 0.3 is 6.03 Å². The van der Waals surface area contributed by atoms with Gasteiger partial charge in [0.2, 0.25) is 5.91 Å². The van der Waals surface area contributed by atoms with Crippen molar-refractivity contribution in [3.63, 3.8) is 0 Å². The topological polar surface area (TPSA) is 84.2 Å². The largest absolute Gasteiger partial charge is 0.369 e. The molecule has 0 heterocycles. The first kappa shape index (κ1) is 16.3. The lowest BCUT2D eigenvalue weighted by Crippen LogP contribution is -2.47. The summed E-state index contributed by atoms with van der Waals surface area (Å²) in [6.07, 6.45) is 3.48. The molecule has 5 heteroatoms. The van der Waals surface area contributed by atoms with E-state index in [9.17, 15) is 9.59 Å². The molecule has 0 bridgehead atoms. The Labute approximate surface area is 131 Å². The Balaban J connectivity index is 1.96. The van der Waals surface area contributed by atoms with Crippen molar-refractivity contribution in [2.75, 3.05) is 6.54 Å². The van der Waals surface area contributed by atoms with Crippen molar-refractivity contribution in [2.24, 2.45) is 17.1 Å². The van der Waals surface area contributed by atoms with Crippen LogP contribution in [0.15, 0.2) is 30.3 Å². The summed E-state index contributed by atoms with van der Waals surface area (Å²) in [6, 6.07) is 9.78. The molecule has 1 saturated carbocycles. The molecule has 4 N–H and O–H groups in total. The fourth-order valence-corrected chi connectivity index (χ4v) is 2.49. The van der Waals surface area contributed by atoms with Crippen LogP contribution in [0.3, 0.4) is 0 Å². The summed E-state index contributed by atoms with van der Waals surface area (Å²) in [5.74, 6) is 0.0590. The van der Waals surface area contributed by atoms with Crippen LogP contribution in [0.25, 0.3) is 0 Å². The minimum atomic E-state index is -0.754. The molecule has 120 valence electrons. The summed E-state index contributed by atoms with van der Waals surface area (Å²) in [4.78, 5) is 23.5. The number of rotatable bonds is 6. The second-order valence-corrected chi connectivity index (χ2v) is 6.65. The van der Waals surface area contributed by atoms with Gasteiger partial charge in [-0.2, -0.15) is 0 Å². The third-order valence-corrected chi connectivity index (χ3v) is 4.42. The Morgan fingerprint density at radius 1 is 1.27 bits per heavy atom. The molecule has 0 unspecified atom stereocenters. The van der Waals surface area contributed by atoms with Crippen LogP contribution in [0, 0.1) is 11.3 Å². The monoisotopic (exact) mass is 303 g/mol. The summed E-state index contributed by atoms with van der Waals surface area (Å²) in [5.41, 5.74) is 5.68. The van der Waals surface area contributed by atoms with Crippen molar-refractivity contribution in [3.05, 3.63) is 35.9 Å². The third kappa shape index (κ3) is 4.00. The summed E-state index contributed by atoms with van der Waals surface area (Å²) < 4.78 is 0. The molecule has 3 amide bonds. The van der Waals surface area contributed by atoms with Crippen molar-refractivity contribution in [1.82, 2.24) is 10.6 Å². The predicted molar refractivity (Wildman–Crippen MR) is 86.0 cm³/mol. The molecule has 0 aliphatic heterocycles. The fourth-order valence-electron chi connectivity index (χ4n) is 2.49. The van der Waals surface area contributed by atoms with E-state index in [0.717, 1.165) is 18.4 Å². The van der Waals surface area contributed by atoms with E-state index in [0.29, 0.717) is 5.92 Å². The van der Waals surface area contributed by atoms with E-state index in [1.807, 2.05) is 30.3 Å². The van der Waals surface area contributed by atoms with Crippen molar-refractivity contribution in [3.8, 4) is 0 Å². The van der Waals surface area contributed by atoms with Gasteiger partial charge in [-0.25, -0.2) is 4.79 Å². The Hall–Kier alpha value is -2.04. The van der Waals surface area contributed by atoms with Crippen LogP contribution >= 0.6 is 0 Å². The van der Waals surface area contributed by atoms with Gasteiger partial charge in [-0.05, 0) is 38.2 Å². The maximum atomic E-state index is 12.2. The van der Waals surface area contributed by atoms with Gasteiger partial charge in [0.25, 0.3) is 0 Å². The third-order valence-electron chi connectivity index (χ3n) is 4.42. The summed E-state index contributed by atoms with van der Waals surface area (Å²) in [5, 5.41) is 5.80. The molecule has 1 fully saturated rings. The van der Waals surface area contributed by atoms with Crippen molar-refractivity contribution in [2.45, 2.75) is 39.2 Å². The molecular formula is C17H25N3O2. The fraction of sp³-hybridized carbons (Fsp3) is 0.529. The lowest BCUT2D eigenvalue weighted by atomic mass is 9.77. The number of urea groups is 1. The second-order valence-electron chi connectivity index (χ2n) is 6.65. The maximum absolute atomic E-state index is 12.2. The van der Waals surface area contributed by atoms with Crippen molar-refractivity contribution >= 4 is 11.9 Å². The lowest BCUT2D eigenvalue weighted by Gasteiger charge is -2.35. The molecule has 1 aliphatic carbocycles. The average Bonchev–Trinajstić information content (AvgIpc) is 2.43. The summed E-state index contributed by atoms with van der Waals surface area (Å²) >= 11 is 0. The highest BCUT2D eigenvalue weighted by molar-refractivity contribution is 5.81. The quantitative estimate of drug-likeness (QED) is 0.753. The number of hydrogen-bond acceptors (Lipinski definition) is 2. The second kappa shape index (κ2) is 6.81. The lowest BCUT2D eigenvalue weighted by molar-refractivity contribution is -0.125. The van der Waals surface area contributed by atoms with E-state index in [-0.39, 0.29) is 18.6 Å². The van der Waals surface area contributed by atoms with Gasteiger partial charge in [-0.3, -0.25) is 4.79 Å². The molecular weight excluding hydrogens is 278 g/mol. The zero-order valence-electron chi connectivity index (χ0n) is 13.3. The Morgan fingerprint density at radius 2 is 1.91 bits per heavy atom. The first-order chi connectivity index (χ1) is 10.4. The first-order valence-corrected chi connectivity index (χ1v) is 7.79. The molecule has 0 saturated heterocycles. The van der Waals surface area contributed by atoms with Crippen LogP contribution in [0.4, 0.5) is 4.79 Å². The highest BCUT2D eigenvalue weighted by atomic mass is 16.2. The molecule has 1 aromatic rings. The first-order valence-electron chi connectivity index (χ1n) is 7.79. The standard InChI is InChI=1S/C17H25N3O2/c1-17(2,15(18)21)11-19-16(22)20-14(13-9-6-10-13)12-7-4-3-5-8-12/h3-5,7-8,13-14H,6,9-11H2,1-2H3,(H2,18,21)(H2,19,20,22)/t14-/m0/s1. The molecule has 22 heavy (non-hydrogen) atoms. The van der Waals surface area contributed by atoms with Gasteiger partial charge < -0.3 is 16.4 Å². The Morgan fingerprint density at radius 3 is 2.41 bits per heavy atom. The van der Waals surface area contributed by atoms with Gasteiger partial charge in [-0.15, -0.1) is 0 Å². The number of hydrogen-bond donors (Lipinski definition) is 3. The van der Waals surface area contributed by atoms with E-state index in [4.69, 9.17) is 5.73 Å². The van der Waals surface area contributed by atoms with Crippen LogP contribution in [-0.2, 0) is 4.79 Å². The molecule has 0 radical (unpaired) electrons. The minimum absolute atomic E-state index is 0.0200. The summed E-state index contributed by atoms with van der Waals surface area (Å²) in [6.45, 7) is 3.66. The van der Waals surface area contributed by atoms with E-state index in [1.54, 1.807) is 13.8 Å². The minimum Gasteiger partial charge on any atom is -0.369 e. The number of amides is 3. The highest BCUT2D eigenvalue weighted by Crippen LogP contribution is 2.37. The highest BCUT2D eigenvalue weighted by Gasteiger charge is 2.30. The number of benzene rings is 1. The molecule has 1 aliphatic rings. The van der Waals surface area contributed by atoms with Crippen molar-refractivity contribution < 1.29 is 9.59 Å². The molecule has 0 spiro atoms. The molecule has 1 aromatic carbocycles. The normalized spacial score (nSPS) is 16.5. The average molecular weight is 303 g/mol. The predicted octanol–water partition coefficient (Wildman–Crippen LogP) is 2.34. The Bertz CT molecular complexity index is 524. The van der Waals surface area contributed by atoms with Crippen molar-refractivity contribution in [1.29, 1.82) is 0 Å². The van der Waals surface area contributed by atoms with E-state index in [1.165, 1.54) is 6.42 Å². The van der Waals surface area contributed by atoms with Crippen LogP contribution in [0.2, 0.25) is 0 Å². The maximum Gasteiger partial charge on any atom is 0.315 e. The van der Waals surface area contributed by atoms with E-state index >= 15 is 0 Å². The van der Waals surface area contributed by atoms with Gasteiger partial charge in [0.1, 0.15) is 0 Å². The number of carbonyl (C=O) groups is 2. The SMILES string of the molecule is CC(C)(CNC(=O)N[C@@H](c1ccccc1)C1CCC1)C(N)=O. The molecule has 0 aromatic heterocycles. The van der Waals surface area contributed by atoms with Gasteiger partial charge in [0.15, 0.2) is 0 Å². The molecule has 5 nitrogen and oxygen atoms in total. The number of carbonyl (C=O) groups excluding carboxylic acids is 2. The smallest absolute Gasteiger partial charge is 0.315 e. The number of nitrogens with one attached hydrogen (secondary N) is 2. The van der Waals surface area contributed by atoms with E-state index in [2.05, 4.69) is 10.6 Å². The summed E-state index contributed by atoms with van der Waals surface area (Å²) in [7, 11) is 0. The molecule has 1 atom stereocenters. The van der Waals surface area contributed by atoms with Crippen LogP contribution < -0.4 is 16.4 Å². The van der Waals surface area contributed by atoms with Crippen LogP contribution in [0.5, 0.6) is 0 Å². The van der Waals surface area contributed by atoms with Crippen LogP contribution in [0.1, 0.15) is 44.7 Å². The number of nitrogens with two attached hydrogens (primary N) is 1. The number of primary amides is 1. The molecule has 2 rings (SSSR count). The van der Waals surface area contributed by atoms with E-state index < -0.39 is 11.3 Å². The van der Waals surface area contributed by atoms with Gasteiger partial charge in [-0.1, -0.05) is 36.8 Å². The zero-order valence-corrected chi connectivity index (χ0v) is 13.3. The zero-order chi connectivity index (χ0) is 16.2. The van der Waals surface area contributed by atoms with Gasteiger partial charge in [0, 0.05) is 6.54 Å². The Kier molecular flexibility index (Phi) is 5.06. The van der Waals surface area contributed by atoms with Crippen LogP contribution in [-0.4, -0.2) is 18.5 Å². The van der Waals surface area contributed by atoms with Gasteiger partial charge in [0.05, 0.1) is 11.5 Å².